The second kappa shape index (κ2) is 3.10. The van der Waals surface area contributed by atoms with Crippen LogP contribution in [0.25, 0.3) is 0 Å². The van der Waals surface area contributed by atoms with Crippen LogP contribution in [0.4, 0.5) is 4.39 Å². The van der Waals surface area contributed by atoms with Crippen LogP contribution in [0.15, 0.2) is 12.5 Å². The molecule has 1 aliphatic rings. The van der Waals surface area contributed by atoms with Gasteiger partial charge >= 0.3 is 0 Å². The number of alkyl halides is 1. The molecule has 0 bridgehead atoms. The van der Waals surface area contributed by atoms with Crippen LogP contribution in [-0.4, -0.2) is 33.7 Å². The molecule has 13 heavy (non-hydrogen) atoms. The summed E-state index contributed by atoms with van der Waals surface area (Å²) in [5.74, 6) is 0. The lowest BCUT2D eigenvalue weighted by atomic mass is 10.1. The minimum absolute atomic E-state index is 0.277. The number of aryl methyl sites for hydroxylation is 1. The van der Waals surface area contributed by atoms with Crippen LogP contribution in [-0.2, 0) is 7.05 Å². The summed E-state index contributed by atoms with van der Waals surface area (Å²) in [5.41, 5.74) is 1.15. The van der Waals surface area contributed by atoms with E-state index >= 15 is 0 Å². The van der Waals surface area contributed by atoms with Crippen LogP contribution in [0.2, 0.25) is 0 Å². The Hall–Kier alpha value is -0.900. The molecule has 1 aromatic heterocycles. The largest absolute Gasteiger partial charge is 0.336 e. The lowest BCUT2D eigenvalue weighted by Crippen LogP contribution is -2.49. The number of aromatic nitrogens is 2. The molecule has 4 heteroatoms. The molecule has 2 heterocycles. The molecule has 0 aliphatic carbocycles. The molecule has 0 spiro atoms. The molecule has 0 N–H and O–H groups in total. The summed E-state index contributed by atoms with van der Waals surface area (Å²) in [7, 11) is 1.96. The van der Waals surface area contributed by atoms with Crippen LogP contribution < -0.4 is 0 Å². The van der Waals surface area contributed by atoms with Gasteiger partial charge in [0.05, 0.1) is 12.0 Å². The summed E-state index contributed by atoms with van der Waals surface area (Å²) in [6.45, 7) is 3.21. The molecule has 1 aromatic rings. The fourth-order valence-corrected chi connectivity index (χ4v) is 1.73. The first kappa shape index (κ1) is 8.69. The summed E-state index contributed by atoms with van der Waals surface area (Å²) in [6.07, 6.45) is 2.99. The highest BCUT2D eigenvalue weighted by molar-refractivity contribution is 5.05. The van der Waals surface area contributed by atoms with Crippen LogP contribution in [0, 0.1) is 0 Å². The maximum absolute atomic E-state index is 12.6. The van der Waals surface area contributed by atoms with E-state index in [0.29, 0.717) is 13.1 Å². The summed E-state index contributed by atoms with van der Waals surface area (Å²) >= 11 is 0. The summed E-state index contributed by atoms with van der Waals surface area (Å²) in [5, 5.41) is 0. The first-order valence-electron chi connectivity index (χ1n) is 4.53. The lowest BCUT2D eigenvalue weighted by molar-refractivity contribution is 0.0307. The van der Waals surface area contributed by atoms with Gasteiger partial charge in [-0.2, -0.15) is 0 Å². The van der Waals surface area contributed by atoms with Crippen molar-refractivity contribution in [2.24, 2.45) is 7.05 Å². The van der Waals surface area contributed by atoms with E-state index in [4.69, 9.17) is 0 Å². The first-order valence-corrected chi connectivity index (χ1v) is 4.53. The number of nitrogens with zero attached hydrogens (tertiary/aromatic N) is 3. The number of rotatable bonds is 2. The van der Waals surface area contributed by atoms with Gasteiger partial charge in [0, 0.05) is 32.4 Å². The Labute approximate surface area is 77.2 Å². The first-order chi connectivity index (χ1) is 6.18. The Morgan fingerprint density at radius 2 is 2.31 bits per heavy atom. The van der Waals surface area contributed by atoms with Crippen molar-refractivity contribution in [2.45, 2.75) is 19.1 Å². The van der Waals surface area contributed by atoms with E-state index < -0.39 is 6.17 Å². The van der Waals surface area contributed by atoms with E-state index in [2.05, 4.69) is 16.8 Å². The molecule has 0 amide bonds. The predicted molar refractivity (Wildman–Crippen MR) is 48.1 cm³/mol. The van der Waals surface area contributed by atoms with Crippen molar-refractivity contribution >= 4 is 0 Å². The quantitative estimate of drug-likeness (QED) is 0.685. The van der Waals surface area contributed by atoms with Crippen molar-refractivity contribution < 1.29 is 4.39 Å². The van der Waals surface area contributed by atoms with Gasteiger partial charge in [-0.05, 0) is 6.92 Å². The molecule has 1 atom stereocenters. The van der Waals surface area contributed by atoms with Gasteiger partial charge in [0.15, 0.2) is 0 Å². The van der Waals surface area contributed by atoms with Gasteiger partial charge in [0.2, 0.25) is 0 Å². The molecule has 0 aromatic carbocycles. The van der Waals surface area contributed by atoms with Crippen molar-refractivity contribution in [1.29, 1.82) is 0 Å². The van der Waals surface area contributed by atoms with Crippen LogP contribution >= 0.6 is 0 Å². The minimum atomic E-state index is -0.629. The maximum Gasteiger partial charge on any atom is 0.125 e. The van der Waals surface area contributed by atoms with Crippen LogP contribution in [0.3, 0.4) is 0 Å². The fourth-order valence-electron chi connectivity index (χ4n) is 1.73. The summed E-state index contributed by atoms with van der Waals surface area (Å²) in [4.78, 5) is 6.16. The third-order valence-corrected chi connectivity index (χ3v) is 2.69. The van der Waals surface area contributed by atoms with E-state index in [-0.39, 0.29) is 6.04 Å². The zero-order valence-electron chi connectivity index (χ0n) is 7.94. The lowest BCUT2D eigenvalue weighted by Gasteiger charge is -2.39. The van der Waals surface area contributed by atoms with Gasteiger partial charge in [-0.3, -0.25) is 4.90 Å². The van der Waals surface area contributed by atoms with Gasteiger partial charge in [0.25, 0.3) is 0 Å². The van der Waals surface area contributed by atoms with E-state index in [1.165, 1.54) is 0 Å². The number of hydrogen-bond donors (Lipinski definition) is 0. The highest BCUT2D eigenvalue weighted by Gasteiger charge is 2.31. The van der Waals surface area contributed by atoms with Crippen molar-refractivity contribution in [3.05, 3.63) is 18.2 Å². The molecule has 1 unspecified atom stereocenters. The average molecular weight is 183 g/mol. The zero-order chi connectivity index (χ0) is 9.42. The molecule has 72 valence electrons. The maximum atomic E-state index is 12.6. The number of hydrogen-bond acceptors (Lipinski definition) is 2. The van der Waals surface area contributed by atoms with E-state index in [0.717, 1.165) is 5.69 Å². The molecule has 1 saturated heterocycles. The third-order valence-electron chi connectivity index (χ3n) is 2.69. The molecule has 2 rings (SSSR count). The van der Waals surface area contributed by atoms with Crippen LogP contribution in [0.5, 0.6) is 0 Å². The van der Waals surface area contributed by atoms with E-state index in [1.54, 1.807) is 6.33 Å². The van der Waals surface area contributed by atoms with Crippen molar-refractivity contribution in [2.75, 3.05) is 13.1 Å². The Morgan fingerprint density at radius 1 is 1.62 bits per heavy atom. The highest BCUT2D eigenvalue weighted by atomic mass is 19.1. The second-order valence-corrected chi connectivity index (χ2v) is 3.66. The summed E-state index contributed by atoms with van der Waals surface area (Å²) < 4.78 is 14.6. The van der Waals surface area contributed by atoms with Crippen LogP contribution in [0.1, 0.15) is 18.7 Å². The second-order valence-electron chi connectivity index (χ2n) is 3.66. The normalized spacial score (nSPS) is 21.5. The molecular formula is C9H14FN3. The van der Waals surface area contributed by atoms with Crippen molar-refractivity contribution in [3.8, 4) is 0 Å². The predicted octanol–water partition coefficient (Wildman–Crippen LogP) is 1.13. The number of halogens is 1. The highest BCUT2D eigenvalue weighted by Crippen LogP contribution is 2.25. The number of imidazole rings is 1. The summed E-state index contributed by atoms with van der Waals surface area (Å²) in [6, 6.07) is 0.277. The smallest absolute Gasteiger partial charge is 0.125 e. The molecule has 3 nitrogen and oxygen atoms in total. The van der Waals surface area contributed by atoms with Gasteiger partial charge < -0.3 is 4.57 Å². The van der Waals surface area contributed by atoms with Crippen molar-refractivity contribution in [3.63, 3.8) is 0 Å². The fraction of sp³-hybridized carbons (Fsp3) is 0.667. The SMILES string of the molecule is CC(c1cncn1C)N1CC(F)C1. The van der Waals surface area contributed by atoms with Gasteiger partial charge in [-0.1, -0.05) is 0 Å². The van der Waals surface area contributed by atoms with E-state index in [9.17, 15) is 4.39 Å². The molecule has 0 radical (unpaired) electrons. The van der Waals surface area contributed by atoms with Gasteiger partial charge in [0.1, 0.15) is 6.17 Å². The van der Waals surface area contributed by atoms with E-state index in [1.807, 2.05) is 17.8 Å². The molecule has 1 fully saturated rings. The Balaban J connectivity index is 2.05. The minimum Gasteiger partial charge on any atom is -0.336 e. The number of likely N-dealkylation sites (tertiary alicyclic amines) is 1. The van der Waals surface area contributed by atoms with Crippen molar-refractivity contribution in [1.82, 2.24) is 14.5 Å². The topological polar surface area (TPSA) is 21.1 Å². The van der Waals surface area contributed by atoms with Gasteiger partial charge in [-0.25, -0.2) is 9.37 Å². The Bertz CT molecular complexity index is 291. The standard InChI is InChI=1S/C9H14FN3/c1-7(13-4-8(10)5-13)9-3-11-6-12(9)2/h3,6-8H,4-5H2,1-2H3. The molecular weight excluding hydrogens is 169 g/mol. The molecule has 1 aliphatic heterocycles. The van der Waals surface area contributed by atoms with Gasteiger partial charge in [-0.15, -0.1) is 0 Å². The zero-order valence-corrected chi connectivity index (χ0v) is 7.94. The Kier molecular flexibility index (Phi) is 2.07. The monoisotopic (exact) mass is 183 g/mol. The Morgan fingerprint density at radius 3 is 2.77 bits per heavy atom. The third kappa shape index (κ3) is 1.46. The molecule has 0 saturated carbocycles. The average Bonchev–Trinajstić information content (AvgIpc) is 2.44.